The molecule has 0 radical (unpaired) electrons. The summed E-state index contributed by atoms with van der Waals surface area (Å²) in [6, 6.07) is 2.02. The molecular weight excluding hydrogens is 313 g/mol. The third-order valence-corrected chi connectivity index (χ3v) is 3.31. The van der Waals surface area contributed by atoms with Crippen LogP contribution in [0.4, 0.5) is 4.39 Å². The monoisotopic (exact) mass is 315 g/mol. The number of rotatable bonds is 2. The third-order valence-electron chi connectivity index (χ3n) is 1.53. The Bertz CT molecular complexity index is 531. The highest BCUT2D eigenvalue weighted by Crippen LogP contribution is 2.26. The fraction of sp³-hybridized carbons (Fsp3) is 0. The van der Waals surface area contributed by atoms with Gasteiger partial charge in [0.2, 0.25) is 0 Å². The number of benzene rings is 1. The second kappa shape index (κ2) is 4.07. The summed E-state index contributed by atoms with van der Waals surface area (Å²) in [4.78, 5) is 9.99. The molecular formula is C7H4BrClFNO3S. The molecule has 0 aliphatic rings. The van der Waals surface area contributed by atoms with Crippen molar-refractivity contribution in [3.05, 3.63) is 28.0 Å². The molecule has 0 spiro atoms. The van der Waals surface area contributed by atoms with E-state index in [0.29, 0.717) is 0 Å². The minimum atomic E-state index is -4.25. The molecule has 1 rings (SSSR count). The summed E-state index contributed by atoms with van der Waals surface area (Å²) in [5, 5.41) is 0. The number of hydrogen-bond donors (Lipinski definition) is 1. The molecule has 1 aromatic rings. The van der Waals surface area contributed by atoms with Crippen LogP contribution in [0.3, 0.4) is 0 Å². The van der Waals surface area contributed by atoms with Gasteiger partial charge in [0.05, 0.1) is 5.56 Å². The van der Waals surface area contributed by atoms with Gasteiger partial charge in [-0.2, -0.15) is 0 Å². The van der Waals surface area contributed by atoms with Crippen molar-refractivity contribution >= 4 is 41.6 Å². The average molecular weight is 317 g/mol. The van der Waals surface area contributed by atoms with E-state index in [1.54, 1.807) is 0 Å². The predicted octanol–water partition coefficient (Wildman–Crippen LogP) is 1.61. The zero-order chi connectivity index (χ0) is 11.8. The number of halogens is 3. The summed E-state index contributed by atoms with van der Waals surface area (Å²) in [6.45, 7) is 0. The van der Waals surface area contributed by atoms with Crippen LogP contribution in [0.2, 0.25) is 0 Å². The molecule has 0 unspecified atom stereocenters. The summed E-state index contributed by atoms with van der Waals surface area (Å²) in [5.41, 5.74) is 4.32. The SMILES string of the molecule is NC(=O)c1cc(Br)cc(S(=O)(=O)Cl)c1F. The van der Waals surface area contributed by atoms with Gasteiger partial charge in [0.1, 0.15) is 4.90 Å². The van der Waals surface area contributed by atoms with Crippen molar-refractivity contribution in [2.24, 2.45) is 5.73 Å². The van der Waals surface area contributed by atoms with Gasteiger partial charge in [0.25, 0.3) is 15.0 Å². The van der Waals surface area contributed by atoms with Crippen molar-refractivity contribution in [1.82, 2.24) is 0 Å². The Morgan fingerprint density at radius 3 is 2.40 bits per heavy atom. The van der Waals surface area contributed by atoms with Crippen molar-refractivity contribution in [2.45, 2.75) is 4.90 Å². The lowest BCUT2D eigenvalue weighted by molar-refractivity contribution is 0.0996. The van der Waals surface area contributed by atoms with Gasteiger partial charge in [-0.1, -0.05) is 15.9 Å². The van der Waals surface area contributed by atoms with Crippen LogP contribution < -0.4 is 5.73 Å². The van der Waals surface area contributed by atoms with Gasteiger partial charge >= 0.3 is 0 Å². The molecule has 8 heteroatoms. The Morgan fingerprint density at radius 2 is 2.00 bits per heavy atom. The molecule has 2 N–H and O–H groups in total. The number of amides is 1. The lowest BCUT2D eigenvalue weighted by atomic mass is 10.2. The number of hydrogen-bond acceptors (Lipinski definition) is 3. The first-order valence-electron chi connectivity index (χ1n) is 3.47. The largest absolute Gasteiger partial charge is 0.366 e. The second-order valence-corrected chi connectivity index (χ2v) is 6.02. The lowest BCUT2D eigenvalue weighted by Gasteiger charge is -2.04. The predicted molar refractivity (Wildman–Crippen MR) is 55.7 cm³/mol. The Labute approximate surface area is 97.8 Å². The van der Waals surface area contributed by atoms with E-state index in [9.17, 15) is 17.6 Å². The van der Waals surface area contributed by atoms with E-state index in [1.807, 2.05) is 0 Å². The molecule has 0 saturated heterocycles. The molecule has 0 aromatic heterocycles. The van der Waals surface area contributed by atoms with Gasteiger partial charge in [0.15, 0.2) is 5.82 Å². The molecule has 82 valence electrons. The van der Waals surface area contributed by atoms with Gasteiger partial charge in [0, 0.05) is 15.2 Å². The minimum absolute atomic E-state index is 0.192. The van der Waals surface area contributed by atoms with Crippen molar-refractivity contribution in [3.8, 4) is 0 Å². The zero-order valence-corrected chi connectivity index (χ0v) is 10.2. The maximum absolute atomic E-state index is 13.4. The van der Waals surface area contributed by atoms with E-state index in [1.165, 1.54) is 0 Å². The standard InChI is InChI=1S/C7H4BrClFNO3S/c8-3-1-4(7(11)12)6(10)5(2-3)15(9,13)14/h1-2H,(H2,11,12). The first kappa shape index (κ1) is 12.4. The number of carbonyl (C=O) groups excluding carboxylic acids is 1. The maximum atomic E-state index is 13.4. The van der Waals surface area contributed by atoms with Crippen LogP contribution in [-0.4, -0.2) is 14.3 Å². The Morgan fingerprint density at radius 1 is 1.47 bits per heavy atom. The fourth-order valence-electron chi connectivity index (χ4n) is 0.921. The van der Waals surface area contributed by atoms with E-state index >= 15 is 0 Å². The molecule has 0 saturated carbocycles. The van der Waals surface area contributed by atoms with E-state index < -0.39 is 31.2 Å². The van der Waals surface area contributed by atoms with Crippen LogP contribution in [0.15, 0.2) is 21.5 Å². The van der Waals surface area contributed by atoms with E-state index in [2.05, 4.69) is 15.9 Å². The van der Waals surface area contributed by atoms with Crippen LogP contribution in [0, 0.1) is 5.82 Å². The topological polar surface area (TPSA) is 77.2 Å². The first-order chi connectivity index (χ1) is 6.73. The Hall–Kier alpha value is -0.660. The summed E-state index contributed by atoms with van der Waals surface area (Å²) in [7, 11) is 0.719. The van der Waals surface area contributed by atoms with Gasteiger partial charge in [-0.3, -0.25) is 4.79 Å². The van der Waals surface area contributed by atoms with Crippen LogP contribution in [0.5, 0.6) is 0 Å². The molecule has 0 bridgehead atoms. The summed E-state index contributed by atoms with van der Waals surface area (Å²) < 4.78 is 35.5. The second-order valence-electron chi connectivity index (χ2n) is 2.57. The van der Waals surface area contributed by atoms with E-state index in [-0.39, 0.29) is 4.47 Å². The minimum Gasteiger partial charge on any atom is -0.366 e. The first-order valence-corrected chi connectivity index (χ1v) is 6.57. The summed E-state index contributed by atoms with van der Waals surface area (Å²) >= 11 is 2.91. The molecule has 0 aliphatic carbocycles. The highest BCUT2D eigenvalue weighted by molar-refractivity contribution is 9.10. The highest BCUT2D eigenvalue weighted by atomic mass is 79.9. The maximum Gasteiger partial charge on any atom is 0.264 e. The van der Waals surface area contributed by atoms with Crippen LogP contribution in [-0.2, 0) is 9.05 Å². The van der Waals surface area contributed by atoms with Crippen LogP contribution in [0.1, 0.15) is 10.4 Å². The third kappa shape index (κ3) is 2.67. The van der Waals surface area contributed by atoms with Gasteiger partial charge in [-0.05, 0) is 12.1 Å². The van der Waals surface area contributed by atoms with Gasteiger partial charge in [-0.25, -0.2) is 12.8 Å². The van der Waals surface area contributed by atoms with Crippen LogP contribution in [0.25, 0.3) is 0 Å². The highest BCUT2D eigenvalue weighted by Gasteiger charge is 2.22. The number of primary amides is 1. The fourth-order valence-corrected chi connectivity index (χ4v) is 2.46. The van der Waals surface area contributed by atoms with Crippen molar-refractivity contribution in [1.29, 1.82) is 0 Å². The molecule has 1 amide bonds. The van der Waals surface area contributed by atoms with E-state index in [4.69, 9.17) is 16.4 Å². The summed E-state index contributed by atoms with van der Waals surface area (Å²) in [5.74, 6) is -2.32. The van der Waals surface area contributed by atoms with Crippen molar-refractivity contribution in [3.63, 3.8) is 0 Å². The molecule has 4 nitrogen and oxygen atoms in total. The smallest absolute Gasteiger partial charge is 0.264 e. The van der Waals surface area contributed by atoms with Crippen molar-refractivity contribution < 1.29 is 17.6 Å². The van der Waals surface area contributed by atoms with Crippen LogP contribution >= 0.6 is 26.6 Å². The zero-order valence-electron chi connectivity index (χ0n) is 7.00. The van der Waals surface area contributed by atoms with Gasteiger partial charge < -0.3 is 5.73 Å². The normalized spacial score (nSPS) is 11.4. The quantitative estimate of drug-likeness (QED) is 0.842. The van der Waals surface area contributed by atoms with Gasteiger partial charge in [-0.15, -0.1) is 0 Å². The van der Waals surface area contributed by atoms with Crippen molar-refractivity contribution in [2.75, 3.05) is 0 Å². The summed E-state index contributed by atoms with van der Waals surface area (Å²) in [6.07, 6.45) is 0. The van der Waals surface area contributed by atoms with E-state index in [0.717, 1.165) is 12.1 Å². The molecule has 1 aromatic carbocycles. The number of carbonyl (C=O) groups is 1. The lowest BCUT2D eigenvalue weighted by Crippen LogP contribution is -2.15. The average Bonchev–Trinajstić information content (AvgIpc) is 2.06. The number of nitrogens with two attached hydrogens (primary N) is 1. The Kier molecular flexibility index (Phi) is 3.37. The molecule has 15 heavy (non-hydrogen) atoms. The molecule has 0 heterocycles. The molecule has 0 fully saturated rings. The molecule has 0 atom stereocenters. The Balaban J connectivity index is 3.63. The molecule has 0 aliphatic heterocycles.